The van der Waals surface area contributed by atoms with Crippen molar-refractivity contribution in [1.82, 2.24) is 9.97 Å². The number of hydrogen-bond donors (Lipinski definition) is 3. The zero-order chi connectivity index (χ0) is 23.2. The van der Waals surface area contributed by atoms with E-state index in [9.17, 15) is 19.2 Å². The van der Waals surface area contributed by atoms with Gasteiger partial charge in [0.2, 0.25) is 0 Å². The summed E-state index contributed by atoms with van der Waals surface area (Å²) in [6.07, 6.45) is 9.39. The number of esters is 3. The Balaban J connectivity index is 0.000000311. The Morgan fingerprint density at radius 3 is 1.58 bits per heavy atom. The Morgan fingerprint density at radius 2 is 1.19 bits per heavy atom. The zero-order valence-corrected chi connectivity index (χ0v) is 17.9. The molecule has 0 bridgehead atoms. The number of carbonyl (C=O) groups is 4. The Hall–Kier alpha value is -3.56. The molecule has 10 nitrogen and oxygen atoms in total. The maximum atomic E-state index is 11.3. The molecule has 170 valence electrons. The Morgan fingerprint density at radius 1 is 0.742 bits per heavy atom. The van der Waals surface area contributed by atoms with E-state index in [1.165, 1.54) is 21.3 Å². The number of nitrogens with one attached hydrogen (secondary N) is 2. The van der Waals surface area contributed by atoms with Crippen LogP contribution in [-0.2, 0) is 36.6 Å². The third kappa shape index (κ3) is 8.77. The maximum Gasteiger partial charge on any atom is 0.339 e. The Kier molecular flexibility index (Phi) is 11.2. The first-order valence-electron chi connectivity index (χ1n) is 9.60. The van der Waals surface area contributed by atoms with Gasteiger partial charge in [-0.05, 0) is 36.8 Å². The fourth-order valence-electron chi connectivity index (χ4n) is 2.76. The summed E-state index contributed by atoms with van der Waals surface area (Å²) in [4.78, 5) is 49.4. The molecule has 2 aromatic rings. The van der Waals surface area contributed by atoms with Crippen LogP contribution in [0.3, 0.4) is 0 Å². The molecule has 3 N–H and O–H groups in total. The topological polar surface area (TPSA) is 148 Å². The van der Waals surface area contributed by atoms with E-state index < -0.39 is 11.9 Å². The van der Waals surface area contributed by atoms with Gasteiger partial charge in [0.25, 0.3) is 0 Å². The Bertz CT molecular complexity index is 868. The molecule has 2 aromatic heterocycles. The van der Waals surface area contributed by atoms with E-state index >= 15 is 0 Å². The minimum absolute atomic E-state index is 0.103. The van der Waals surface area contributed by atoms with Gasteiger partial charge in [0.15, 0.2) is 0 Å². The molecule has 0 unspecified atom stereocenters. The van der Waals surface area contributed by atoms with Crippen molar-refractivity contribution in [2.24, 2.45) is 0 Å². The summed E-state index contributed by atoms with van der Waals surface area (Å²) >= 11 is 0. The highest BCUT2D eigenvalue weighted by Gasteiger charge is 2.13. The minimum Gasteiger partial charge on any atom is -0.481 e. The second kappa shape index (κ2) is 13.6. The van der Waals surface area contributed by atoms with Crippen molar-refractivity contribution in [2.45, 2.75) is 38.5 Å². The van der Waals surface area contributed by atoms with Crippen LogP contribution in [0.5, 0.6) is 0 Å². The third-order valence-electron chi connectivity index (χ3n) is 4.36. The average molecular weight is 436 g/mol. The van der Waals surface area contributed by atoms with Crippen molar-refractivity contribution in [3.8, 4) is 0 Å². The molecule has 0 aliphatic carbocycles. The van der Waals surface area contributed by atoms with Crippen LogP contribution < -0.4 is 0 Å². The van der Waals surface area contributed by atoms with Crippen molar-refractivity contribution < 1.29 is 38.5 Å². The predicted octanol–water partition coefficient (Wildman–Crippen LogP) is 2.51. The zero-order valence-electron chi connectivity index (χ0n) is 17.9. The summed E-state index contributed by atoms with van der Waals surface area (Å²) in [5, 5.41) is 8.47. The lowest BCUT2D eigenvalue weighted by atomic mass is 10.1. The SMILES string of the molecule is COC(=O)CCCc1c[nH]cc1C(=O)OC.COC(=O)c1c[nH]cc1CCCC(=O)O. The second-order valence-electron chi connectivity index (χ2n) is 6.45. The summed E-state index contributed by atoms with van der Waals surface area (Å²) < 4.78 is 13.8. The summed E-state index contributed by atoms with van der Waals surface area (Å²) in [6.45, 7) is 0. The summed E-state index contributed by atoms with van der Waals surface area (Å²) in [5.74, 6) is -1.84. The lowest BCUT2D eigenvalue weighted by Gasteiger charge is -2.01. The van der Waals surface area contributed by atoms with Crippen LogP contribution in [0.4, 0.5) is 0 Å². The largest absolute Gasteiger partial charge is 0.481 e. The number of carbonyl (C=O) groups excluding carboxylic acids is 3. The van der Waals surface area contributed by atoms with Crippen molar-refractivity contribution in [3.05, 3.63) is 47.0 Å². The smallest absolute Gasteiger partial charge is 0.339 e. The van der Waals surface area contributed by atoms with Crippen LogP contribution in [0.15, 0.2) is 24.8 Å². The van der Waals surface area contributed by atoms with Gasteiger partial charge in [-0.25, -0.2) is 9.59 Å². The molecule has 0 radical (unpaired) electrons. The van der Waals surface area contributed by atoms with Gasteiger partial charge in [-0.15, -0.1) is 0 Å². The van der Waals surface area contributed by atoms with E-state index in [0.717, 1.165) is 11.1 Å². The third-order valence-corrected chi connectivity index (χ3v) is 4.36. The summed E-state index contributed by atoms with van der Waals surface area (Å²) in [6, 6.07) is 0. The lowest BCUT2D eigenvalue weighted by Crippen LogP contribution is -2.04. The first-order valence-corrected chi connectivity index (χ1v) is 9.60. The molecule has 0 saturated heterocycles. The molecule has 0 atom stereocenters. The van der Waals surface area contributed by atoms with Crippen LogP contribution in [0.2, 0.25) is 0 Å². The standard InChI is InChI=1S/C11H15NO4.C10H13NO4/c1-15-10(13)5-3-4-8-6-12-7-9(8)11(14)16-2;1-15-10(14)8-6-11-5-7(8)3-2-4-9(12)13/h6-7,12H,3-5H2,1-2H3;5-6,11H,2-4H2,1H3,(H,12,13). The molecule has 2 rings (SSSR count). The van der Waals surface area contributed by atoms with Gasteiger partial charge in [0.1, 0.15) is 0 Å². The van der Waals surface area contributed by atoms with Crippen LogP contribution in [-0.4, -0.2) is 60.3 Å². The molecule has 0 fully saturated rings. The molecule has 10 heteroatoms. The number of rotatable bonds is 10. The second-order valence-corrected chi connectivity index (χ2v) is 6.45. The molecule has 0 spiro atoms. The van der Waals surface area contributed by atoms with Gasteiger partial charge in [-0.2, -0.15) is 0 Å². The number of aryl methyl sites for hydroxylation is 2. The fraction of sp³-hybridized carbons (Fsp3) is 0.429. The first kappa shape index (κ1) is 25.5. The number of H-pyrrole nitrogens is 2. The highest BCUT2D eigenvalue weighted by molar-refractivity contribution is 5.91. The molecule has 0 saturated carbocycles. The lowest BCUT2D eigenvalue weighted by molar-refractivity contribution is -0.140. The van der Waals surface area contributed by atoms with E-state index in [4.69, 9.17) is 5.11 Å². The van der Waals surface area contributed by atoms with Gasteiger partial charge in [-0.1, -0.05) is 0 Å². The molecule has 0 aliphatic heterocycles. The highest BCUT2D eigenvalue weighted by Crippen LogP contribution is 2.13. The Labute approximate surface area is 179 Å². The number of aromatic nitrogens is 2. The van der Waals surface area contributed by atoms with E-state index in [0.29, 0.717) is 43.2 Å². The fourth-order valence-corrected chi connectivity index (χ4v) is 2.76. The molecule has 31 heavy (non-hydrogen) atoms. The van der Waals surface area contributed by atoms with Gasteiger partial charge in [-0.3, -0.25) is 9.59 Å². The summed E-state index contributed by atoms with van der Waals surface area (Å²) in [5.41, 5.74) is 2.65. The number of carboxylic acids is 1. The number of methoxy groups -OCH3 is 3. The van der Waals surface area contributed by atoms with E-state index in [1.807, 2.05) is 0 Å². The first-order chi connectivity index (χ1) is 14.8. The van der Waals surface area contributed by atoms with Gasteiger partial charge < -0.3 is 29.3 Å². The van der Waals surface area contributed by atoms with Crippen molar-refractivity contribution >= 4 is 23.9 Å². The quantitative estimate of drug-likeness (QED) is 0.380. The van der Waals surface area contributed by atoms with Crippen molar-refractivity contribution in [3.63, 3.8) is 0 Å². The monoisotopic (exact) mass is 436 g/mol. The number of carboxylic acid groups (broad SMARTS) is 1. The van der Waals surface area contributed by atoms with Crippen molar-refractivity contribution in [2.75, 3.05) is 21.3 Å². The molecule has 0 aliphatic rings. The van der Waals surface area contributed by atoms with Crippen LogP contribution in [0, 0.1) is 0 Å². The molecular weight excluding hydrogens is 408 g/mol. The molecule has 0 amide bonds. The van der Waals surface area contributed by atoms with E-state index in [1.54, 1.807) is 24.8 Å². The number of ether oxygens (including phenoxy) is 3. The highest BCUT2D eigenvalue weighted by atomic mass is 16.5. The number of aromatic amines is 2. The van der Waals surface area contributed by atoms with Crippen LogP contribution in [0.1, 0.15) is 57.5 Å². The van der Waals surface area contributed by atoms with Crippen molar-refractivity contribution in [1.29, 1.82) is 0 Å². The summed E-state index contributed by atoms with van der Waals surface area (Å²) in [7, 11) is 4.02. The predicted molar refractivity (Wildman–Crippen MR) is 110 cm³/mol. The van der Waals surface area contributed by atoms with Crippen LogP contribution >= 0.6 is 0 Å². The van der Waals surface area contributed by atoms with Crippen LogP contribution in [0.25, 0.3) is 0 Å². The molecule has 2 heterocycles. The molecule has 0 aromatic carbocycles. The number of hydrogen-bond acceptors (Lipinski definition) is 7. The van der Waals surface area contributed by atoms with E-state index in [-0.39, 0.29) is 18.4 Å². The maximum absolute atomic E-state index is 11.3. The minimum atomic E-state index is -0.829. The van der Waals surface area contributed by atoms with Gasteiger partial charge in [0.05, 0.1) is 32.5 Å². The van der Waals surface area contributed by atoms with Gasteiger partial charge in [0, 0.05) is 37.6 Å². The normalized spacial score (nSPS) is 9.90. The molecular formula is C21H28N2O8. The number of aliphatic carboxylic acids is 1. The van der Waals surface area contributed by atoms with Gasteiger partial charge >= 0.3 is 23.9 Å². The average Bonchev–Trinajstić information content (AvgIpc) is 3.42. The van der Waals surface area contributed by atoms with E-state index in [2.05, 4.69) is 24.2 Å².